The summed E-state index contributed by atoms with van der Waals surface area (Å²) in [6, 6.07) is 12.9. The van der Waals surface area contributed by atoms with Crippen molar-refractivity contribution in [3.05, 3.63) is 75.1 Å². The van der Waals surface area contributed by atoms with Crippen LogP contribution in [0, 0.1) is 0 Å². The van der Waals surface area contributed by atoms with Gasteiger partial charge < -0.3 is 19.2 Å². The number of rotatable bonds is 11. The normalized spacial score (nSPS) is 11.7. The number of amides is 1. The Kier molecular flexibility index (Phi) is 9.73. The number of hydrogen-bond acceptors (Lipinski definition) is 6. The molecule has 1 N–H and O–H groups in total. The number of ether oxygens (including phenoxy) is 2. The molecule has 1 heterocycles. The van der Waals surface area contributed by atoms with Gasteiger partial charge in [-0.25, -0.2) is 14.4 Å². The highest BCUT2D eigenvalue weighted by Gasteiger charge is 2.24. The smallest absolute Gasteiger partial charge is 0.408 e. The van der Waals surface area contributed by atoms with E-state index in [1.165, 1.54) is 12.1 Å². The lowest BCUT2D eigenvalue weighted by molar-refractivity contribution is -0.136. The topological polar surface area (TPSA) is 94.8 Å². The van der Waals surface area contributed by atoms with Crippen molar-refractivity contribution in [1.29, 1.82) is 0 Å². The Bertz CT molecular complexity index is 1210. The lowest BCUT2D eigenvalue weighted by Gasteiger charge is -2.18. The number of nitrogens with one attached hydrogen (secondary N) is 1. The maximum absolute atomic E-state index is 12.9. The van der Waals surface area contributed by atoms with Crippen LogP contribution < -0.4 is 15.7 Å². The second-order valence-electron chi connectivity index (χ2n) is 8.29. The molecule has 0 fully saturated rings. The molecule has 0 saturated carbocycles. The summed E-state index contributed by atoms with van der Waals surface area (Å²) in [7, 11) is 0. The number of aryl methyl sites for hydroxylation is 1. The van der Waals surface area contributed by atoms with E-state index < -0.39 is 23.7 Å². The third-order valence-corrected chi connectivity index (χ3v) is 5.82. The minimum Gasteiger partial charge on any atom is -0.445 e. The molecule has 0 radical (unpaired) electrons. The van der Waals surface area contributed by atoms with Gasteiger partial charge in [-0.2, -0.15) is 0 Å². The van der Waals surface area contributed by atoms with Crippen LogP contribution in [0.5, 0.6) is 5.75 Å². The largest absolute Gasteiger partial charge is 0.445 e. The van der Waals surface area contributed by atoms with Crippen molar-refractivity contribution in [2.24, 2.45) is 0 Å². The van der Waals surface area contributed by atoms with Gasteiger partial charge in [0.1, 0.15) is 18.2 Å². The zero-order valence-corrected chi connectivity index (χ0v) is 20.7. The van der Waals surface area contributed by atoms with Crippen LogP contribution >= 0.6 is 11.6 Å². The highest BCUT2D eigenvalue weighted by molar-refractivity contribution is 6.33. The van der Waals surface area contributed by atoms with Gasteiger partial charge in [-0.15, -0.1) is 0 Å². The second kappa shape index (κ2) is 13.0. The van der Waals surface area contributed by atoms with Gasteiger partial charge in [0, 0.05) is 17.5 Å². The fraction of sp³-hybridized carbons (Fsp3) is 0.370. The third kappa shape index (κ3) is 7.59. The molecule has 0 aliphatic carbocycles. The van der Waals surface area contributed by atoms with Crippen molar-refractivity contribution in [3.8, 4) is 5.75 Å². The standard InChI is InChI=1S/C27H30ClNO6/c1-3-5-12-19-14-25(30)34-23-16-24(21(28)15-20(19)23)35-26(31)22(13-6-4-2)29-27(32)33-17-18-10-8-7-9-11-18/h7-11,14-16,22H,3-6,12-13,17H2,1-2H3,(H,29,32)/t22-/m1/s1. The molecule has 1 amide bonds. The molecule has 0 unspecified atom stereocenters. The van der Waals surface area contributed by atoms with Gasteiger partial charge in [0.15, 0.2) is 5.75 Å². The molecule has 186 valence electrons. The molecule has 35 heavy (non-hydrogen) atoms. The molecule has 2 aromatic carbocycles. The van der Waals surface area contributed by atoms with E-state index in [4.69, 9.17) is 25.5 Å². The molecule has 0 spiro atoms. The molecule has 3 aromatic rings. The fourth-order valence-electron chi connectivity index (χ4n) is 3.62. The van der Waals surface area contributed by atoms with Crippen molar-refractivity contribution in [2.75, 3.05) is 0 Å². The first-order valence-electron chi connectivity index (χ1n) is 11.9. The summed E-state index contributed by atoms with van der Waals surface area (Å²) in [5.74, 6) is -0.623. The minimum atomic E-state index is -0.923. The summed E-state index contributed by atoms with van der Waals surface area (Å²) >= 11 is 6.42. The van der Waals surface area contributed by atoms with E-state index in [9.17, 15) is 14.4 Å². The summed E-state index contributed by atoms with van der Waals surface area (Å²) in [5.41, 5.74) is 1.47. The lowest BCUT2D eigenvalue weighted by Crippen LogP contribution is -2.43. The van der Waals surface area contributed by atoms with E-state index in [2.05, 4.69) is 12.2 Å². The van der Waals surface area contributed by atoms with Crippen molar-refractivity contribution in [2.45, 2.75) is 65.0 Å². The second-order valence-corrected chi connectivity index (χ2v) is 8.70. The van der Waals surface area contributed by atoms with E-state index in [-0.39, 0.29) is 23.0 Å². The number of benzene rings is 2. The van der Waals surface area contributed by atoms with Crippen LogP contribution in [0.3, 0.4) is 0 Å². The number of halogens is 1. The Hall–Kier alpha value is -3.32. The highest BCUT2D eigenvalue weighted by atomic mass is 35.5. The van der Waals surface area contributed by atoms with E-state index >= 15 is 0 Å². The predicted octanol–water partition coefficient (Wildman–Crippen LogP) is 6.18. The highest BCUT2D eigenvalue weighted by Crippen LogP contribution is 2.32. The number of esters is 1. The van der Waals surface area contributed by atoms with Crippen LogP contribution in [0.2, 0.25) is 5.02 Å². The van der Waals surface area contributed by atoms with E-state index in [0.29, 0.717) is 24.6 Å². The predicted molar refractivity (Wildman–Crippen MR) is 135 cm³/mol. The Balaban J connectivity index is 1.74. The van der Waals surface area contributed by atoms with Crippen molar-refractivity contribution >= 4 is 34.6 Å². The summed E-state index contributed by atoms with van der Waals surface area (Å²) in [6.07, 6.45) is 3.78. The van der Waals surface area contributed by atoms with Crippen LogP contribution in [-0.4, -0.2) is 18.1 Å². The van der Waals surface area contributed by atoms with Crippen LogP contribution in [0.1, 0.15) is 57.1 Å². The Morgan fingerprint density at radius 3 is 2.51 bits per heavy atom. The molecule has 7 nitrogen and oxygen atoms in total. The van der Waals surface area contributed by atoms with Gasteiger partial charge in [-0.3, -0.25) is 0 Å². The van der Waals surface area contributed by atoms with E-state index in [0.717, 1.165) is 30.4 Å². The van der Waals surface area contributed by atoms with Crippen LogP contribution in [0.15, 0.2) is 57.7 Å². The molecule has 8 heteroatoms. The molecule has 0 aliphatic rings. The molecular weight excluding hydrogens is 470 g/mol. The zero-order chi connectivity index (χ0) is 25.2. The van der Waals surface area contributed by atoms with E-state index in [1.54, 1.807) is 6.07 Å². The minimum absolute atomic E-state index is 0.0564. The third-order valence-electron chi connectivity index (χ3n) is 5.53. The average molecular weight is 500 g/mol. The van der Waals surface area contributed by atoms with Crippen LogP contribution in [0.25, 0.3) is 11.0 Å². The maximum atomic E-state index is 12.9. The van der Waals surface area contributed by atoms with Gasteiger partial charge >= 0.3 is 17.7 Å². The van der Waals surface area contributed by atoms with Crippen LogP contribution in [0.4, 0.5) is 4.79 Å². The van der Waals surface area contributed by atoms with Gasteiger partial charge in [-0.1, -0.05) is 75.0 Å². The lowest BCUT2D eigenvalue weighted by atomic mass is 10.0. The SMILES string of the molecule is CCCCc1cc(=O)oc2cc(OC(=O)[C@@H](CCCC)NC(=O)OCc3ccccc3)c(Cl)cc12. The molecule has 1 atom stereocenters. The summed E-state index contributed by atoms with van der Waals surface area (Å²) in [6.45, 7) is 4.13. The maximum Gasteiger partial charge on any atom is 0.408 e. The molecule has 1 aromatic heterocycles. The Labute approximate surface area is 209 Å². The number of hydrogen-bond donors (Lipinski definition) is 1. The molecule has 0 saturated heterocycles. The number of fused-ring (bicyclic) bond motifs is 1. The number of unbranched alkanes of at least 4 members (excludes halogenated alkanes) is 2. The quantitative estimate of drug-likeness (QED) is 0.192. The number of alkyl carbamates (subject to hydrolysis) is 1. The summed E-state index contributed by atoms with van der Waals surface area (Å²) in [4.78, 5) is 37.3. The first-order valence-corrected chi connectivity index (χ1v) is 12.2. The fourth-order valence-corrected chi connectivity index (χ4v) is 3.83. The molecule has 0 bridgehead atoms. The van der Waals surface area contributed by atoms with Gasteiger partial charge in [0.25, 0.3) is 0 Å². The molecule has 0 aliphatic heterocycles. The summed E-state index contributed by atoms with van der Waals surface area (Å²) in [5, 5.41) is 3.50. The van der Waals surface area contributed by atoms with Gasteiger partial charge in [0.2, 0.25) is 0 Å². The Morgan fingerprint density at radius 1 is 1.06 bits per heavy atom. The van der Waals surface area contributed by atoms with E-state index in [1.807, 2.05) is 37.3 Å². The number of carbonyl (C=O) groups excluding carboxylic acids is 2. The molecular formula is C27H30ClNO6. The van der Waals surface area contributed by atoms with Gasteiger partial charge in [0.05, 0.1) is 5.02 Å². The summed E-state index contributed by atoms with van der Waals surface area (Å²) < 4.78 is 16.1. The first-order chi connectivity index (χ1) is 16.9. The molecule has 3 rings (SSSR count). The van der Waals surface area contributed by atoms with Crippen molar-refractivity contribution in [1.82, 2.24) is 5.32 Å². The van der Waals surface area contributed by atoms with Crippen molar-refractivity contribution in [3.63, 3.8) is 0 Å². The van der Waals surface area contributed by atoms with Gasteiger partial charge in [-0.05, 0) is 36.5 Å². The zero-order valence-electron chi connectivity index (χ0n) is 20.0. The Morgan fingerprint density at radius 2 is 1.80 bits per heavy atom. The van der Waals surface area contributed by atoms with Crippen LogP contribution in [-0.2, 0) is 22.6 Å². The van der Waals surface area contributed by atoms with Crippen molar-refractivity contribution < 1.29 is 23.5 Å². The average Bonchev–Trinajstić information content (AvgIpc) is 2.85. The monoisotopic (exact) mass is 499 g/mol. The first kappa shape index (κ1) is 26.3. The number of carbonyl (C=O) groups is 2.